The number of para-hydroxylation sites is 1. The average Bonchev–Trinajstić information content (AvgIpc) is 2.84. The summed E-state index contributed by atoms with van der Waals surface area (Å²) in [4.78, 5) is 17.3. The Kier molecular flexibility index (Phi) is 2.86. The number of thiophene rings is 1. The maximum absolute atomic E-state index is 12.4. The van der Waals surface area contributed by atoms with E-state index in [1.165, 1.54) is 11.3 Å². The minimum absolute atomic E-state index is 0.0313. The Morgan fingerprint density at radius 1 is 1.11 bits per heavy atom. The quantitative estimate of drug-likeness (QED) is 0.656. The third kappa shape index (κ3) is 1.92. The van der Waals surface area contributed by atoms with Crippen LogP contribution in [0.5, 0.6) is 0 Å². The zero-order chi connectivity index (χ0) is 12.5. The van der Waals surface area contributed by atoms with E-state index in [9.17, 15) is 4.79 Å². The molecule has 0 fully saturated rings. The lowest BCUT2D eigenvalue weighted by Gasteiger charge is -2.02. The fraction of sp³-hybridized carbons (Fsp3) is 0. The van der Waals surface area contributed by atoms with Gasteiger partial charge in [-0.05, 0) is 24.3 Å². The molecule has 88 valence electrons. The molecule has 0 atom stereocenters. The smallest absolute Gasteiger partial charge is 0.205 e. The van der Waals surface area contributed by atoms with E-state index in [2.05, 4.69) is 4.98 Å². The molecule has 0 amide bonds. The number of carbonyl (C=O) groups is 1. The number of carbonyl (C=O) groups excluding carboxylic acids is 1. The molecule has 0 radical (unpaired) electrons. The monoisotopic (exact) mass is 273 g/mol. The van der Waals surface area contributed by atoms with Crippen molar-refractivity contribution in [3.63, 3.8) is 0 Å². The first kappa shape index (κ1) is 11.4. The predicted molar refractivity (Wildman–Crippen MR) is 74.5 cm³/mol. The van der Waals surface area contributed by atoms with Gasteiger partial charge in [-0.15, -0.1) is 11.3 Å². The zero-order valence-electron chi connectivity index (χ0n) is 9.26. The fourth-order valence-corrected chi connectivity index (χ4v) is 2.85. The van der Waals surface area contributed by atoms with Crippen molar-refractivity contribution in [1.82, 2.24) is 4.98 Å². The van der Waals surface area contributed by atoms with E-state index in [1.54, 1.807) is 24.4 Å². The number of benzene rings is 1. The first-order valence-electron chi connectivity index (χ1n) is 5.39. The van der Waals surface area contributed by atoms with E-state index >= 15 is 0 Å². The summed E-state index contributed by atoms with van der Waals surface area (Å²) in [6.07, 6.45) is 1.69. The van der Waals surface area contributed by atoms with Crippen LogP contribution in [0.1, 0.15) is 15.2 Å². The molecule has 0 spiro atoms. The van der Waals surface area contributed by atoms with Gasteiger partial charge in [0.15, 0.2) is 0 Å². The number of ketones is 1. The summed E-state index contributed by atoms with van der Waals surface area (Å²) < 4.78 is 0.617. The van der Waals surface area contributed by atoms with Gasteiger partial charge in [0, 0.05) is 17.1 Å². The van der Waals surface area contributed by atoms with Gasteiger partial charge >= 0.3 is 0 Å². The van der Waals surface area contributed by atoms with Gasteiger partial charge in [-0.2, -0.15) is 0 Å². The van der Waals surface area contributed by atoms with Crippen molar-refractivity contribution in [3.05, 3.63) is 63.4 Å². The molecule has 4 heteroatoms. The van der Waals surface area contributed by atoms with Crippen LogP contribution in [0, 0.1) is 0 Å². The second-order valence-electron chi connectivity index (χ2n) is 3.81. The summed E-state index contributed by atoms with van der Waals surface area (Å²) in [5, 5.41) is 0.964. The van der Waals surface area contributed by atoms with Crippen LogP contribution in [-0.2, 0) is 0 Å². The molecular formula is C14H8ClNOS. The van der Waals surface area contributed by atoms with Crippen LogP contribution in [-0.4, -0.2) is 10.8 Å². The molecule has 3 rings (SSSR count). The van der Waals surface area contributed by atoms with E-state index in [4.69, 9.17) is 11.6 Å². The number of fused-ring (bicyclic) bond motifs is 1. The van der Waals surface area contributed by atoms with E-state index < -0.39 is 0 Å². The molecular weight excluding hydrogens is 266 g/mol. The van der Waals surface area contributed by atoms with Crippen LogP contribution in [0.15, 0.2) is 48.7 Å². The molecule has 0 N–H and O–H groups in total. The van der Waals surface area contributed by atoms with Crippen molar-refractivity contribution in [2.45, 2.75) is 0 Å². The average molecular weight is 274 g/mol. The highest BCUT2D eigenvalue weighted by Gasteiger charge is 2.14. The minimum Gasteiger partial charge on any atom is -0.288 e. The Morgan fingerprint density at radius 2 is 1.94 bits per heavy atom. The SMILES string of the molecule is O=C(c1ccc(Cl)s1)c1cccc2cccnc12. The molecule has 0 bridgehead atoms. The minimum atomic E-state index is -0.0313. The number of nitrogens with zero attached hydrogens (tertiary/aromatic N) is 1. The molecule has 0 unspecified atom stereocenters. The third-order valence-electron chi connectivity index (χ3n) is 2.67. The number of hydrogen-bond donors (Lipinski definition) is 0. The molecule has 18 heavy (non-hydrogen) atoms. The van der Waals surface area contributed by atoms with Gasteiger partial charge in [0.05, 0.1) is 14.7 Å². The normalized spacial score (nSPS) is 10.7. The molecule has 2 aromatic heterocycles. The van der Waals surface area contributed by atoms with Gasteiger partial charge in [0.25, 0.3) is 0 Å². The standard InChI is InChI=1S/C14H8ClNOS/c15-12-7-6-11(18-12)14(17)10-5-1-3-9-4-2-8-16-13(9)10/h1-8H. The predicted octanol–water partition coefficient (Wildman–Crippen LogP) is 4.18. The summed E-state index contributed by atoms with van der Waals surface area (Å²) in [5.74, 6) is -0.0313. The highest BCUT2D eigenvalue weighted by Crippen LogP contribution is 2.26. The van der Waals surface area contributed by atoms with Crippen LogP contribution >= 0.6 is 22.9 Å². The largest absolute Gasteiger partial charge is 0.288 e. The second kappa shape index (κ2) is 4.52. The Balaban J connectivity index is 2.17. The first-order chi connectivity index (χ1) is 8.75. The van der Waals surface area contributed by atoms with Gasteiger partial charge in [-0.3, -0.25) is 9.78 Å². The van der Waals surface area contributed by atoms with Crippen LogP contribution in [0.3, 0.4) is 0 Å². The highest BCUT2D eigenvalue weighted by atomic mass is 35.5. The highest BCUT2D eigenvalue weighted by molar-refractivity contribution is 7.18. The Morgan fingerprint density at radius 3 is 2.72 bits per heavy atom. The van der Waals surface area contributed by atoms with Crippen LogP contribution < -0.4 is 0 Å². The Bertz CT molecular complexity index is 730. The first-order valence-corrected chi connectivity index (χ1v) is 6.59. The number of pyridine rings is 1. The Labute approximate surface area is 113 Å². The number of halogens is 1. The van der Waals surface area contributed by atoms with E-state index in [0.717, 1.165) is 10.9 Å². The zero-order valence-corrected chi connectivity index (χ0v) is 10.8. The molecule has 1 aromatic carbocycles. The van der Waals surface area contributed by atoms with Crippen molar-refractivity contribution in [1.29, 1.82) is 0 Å². The van der Waals surface area contributed by atoms with Gasteiger partial charge in [0.2, 0.25) is 5.78 Å². The fourth-order valence-electron chi connectivity index (χ4n) is 1.86. The van der Waals surface area contributed by atoms with Crippen molar-refractivity contribution in [2.75, 3.05) is 0 Å². The lowest BCUT2D eigenvalue weighted by Crippen LogP contribution is -2.00. The molecule has 0 aliphatic rings. The molecule has 0 saturated carbocycles. The van der Waals surface area contributed by atoms with E-state index in [-0.39, 0.29) is 5.78 Å². The molecule has 2 nitrogen and oxygen atoms in total. The van der Waals surface area contributed by atoms with Crippen molar-refractivity contribution in [3.8, 4) is 0 Å². The van der Waals surface area contributed by atoms with Crippen molar-refractivity contribution >= 4 is 39.6 Å². The summed E-state index contributed by atoms with van der Waals surface area (Å²) in [5.41, 5.74) is 1.35. The second-order valence-corrected chi connectivity index (χ2v) is 5.53. The molecule has 2 heterocycles. The maximum atomic E-state index is 12.4. The van der Waals surface area contributed by atoms with Crippen molar-refractivity contribution < 1.29 is 4.79 Å². The Hall–Kier alpha value is -1.71. The lowest BCUT2D eigenvalue weighted by molar-refractivity contribution is 0.104. The summed E-state index contributed by atoms with van der Waals surface area (Å²) in [6.45, 7) is 0. The number of aromatic nitrogens is 1. The molecule has 0 aliphatic carbocycles. The summed E-state index contributed by atoms with van der Waals surface area (Å²) >= 11 is 7.15. The number of rotatable bonds is 2. The van der Waals surface area contributed by atoms with Crippen molar-refractivity contribution in [2.24, 2.45) is 0 Å². The van der Waals surface area contributed by atoms with Gasteiger partial charge in [-0.1, -0.05) is 29.8 Å². The van der Waals surface area contributed by atoms with Crippen LogP contribution in [0.4, 0.5) is 0 Å². The third-order valence-corrected chi connectivity index (χ3v) is 3.90. The van der Waals surface area contributed by atoms with Gasteiger partial charge in [-0.25, -0.2) is 0 Å². The van der Waals surface area contributed by atoms with Crippen LogP contribution in [0.2, 0.25) is 4.34 Å². The maximum Gasteiger partial charge on any atom is 0.205 e. The number of hydrogen-bond acceptors (Lipinski definition) is 3. The van der Waals surface area contributed by atoms with E-state index in [1.807, 2.05) is 24.3 Å². The molecule has 0 saturated heterocycles. The van der Waals surface area contributed by atoms with Gasteiger partial charge in [0.1, 0.15) is 0 Å². The molecule has 0 aliphatic heterocycles. The van der Waals surface area contributed by atoms with Gasteiger partial charge < -0.3 is 0 Å². The summed E-state index contributed by atoms with van der Waals surface area (Å²) in [7, 11) is 0. The van der Waals surface area contributed by atoms with E-state index in [0.29, 0.717) is 14.8 Å². The summed E-state index contributed by atoms with van der Waals surface area (Å²) in [6, 6.07) is 12.9. The molecule has 3 aromatic rings. The lowest BCUT2D eigenvalue weighted by atomic mass is 10.1. The topological polar surface area (TPSA) is 30.0 Å². The van der Waals surface area contributed by atoms with Crippen LogP contribution in [0.25, 0.3) is 10.9 Å².